The quantitative estimate of drug-likeness (QED) is 0.915. The van der Waals surface area contributed by atoms with Gasteiger partial charge in [0.25, 0.3) is 0 Å². The van der Waals surface area contributed by atoms with Crippen LogP contribution in [0.2, 0.25) is 0 Å². The van der Waals surface area contributed by atoms with Crippen molar-refractivity contribution >= 4 is 5.69 Å². The summed E-state index contributed by atoms with van der Waals surface area (Å²) in [5.41, 5.74) is 2.38. The number of benzene rings is 1. The Hall–Kier alpha value is -2.07. The first-order valence-electron chi connectivity index (χ1n) is 7.46. The molecule has 4 heteroatoms. The van der Waals surface area contributed by atoms with Crippen molar-refractivity contribution in [3.8, 4) is 5.75 Å². The number of ether oxygens (including phenoxy) is 1. The van der Waals surface area contributed by atoms with E-state index < -0.39 is 0 Å². The minimum absolute atomic E-state index is 0.182. The summed E-state index contributed by atoms with van der Waals surface area (Å²) in [6.45, 7) is 5.89. The number of rotatable bonds is 5. The molecule has 2 heterocycles. The molecule has 0 saturated heterocycles. The normalized spacial score (nSPS) is 17.0. The second kappa shape index (κ2) is 6.59. The van der Waals surface area contributed by atoms with Gasteiger partial charge in [0.2, 0.25) is 0 Å². The zero-order valence-electron chi connectivity index (χ0n) is 12.3. The molecule has 1 aromatic carbocycles. The Bertz CT molecular complexity index is 573. The molecule has 2 aromatic rings. The molecule has 0 spiro atoms. The number of likely N-dealkylation sites (N-methyl/N-ethyl adjacent to an activating group) is 1. The van der Waals surface area contributed by atoms with Crippen molar-refractivity contribution in [2.45, 2.75) is 19.6 Å². The summed E-state index contributed by atoms with van der Waals surface area (Å²) in [6.07, 6.45) is 3.87. The largest absolute Gasteiger partial charge is 0.485 e. The van der Waals surface area contributed by atoms with Crippen LogP contribution in [-0.2, 0) is 6.54 Å². The lowest BCUT2D eigenvalue weighted by molar-refractivity contribution is 0.135. The van der Waals surface area contributed by atoms with Gasteiger partial charge in [0.15, 0.2) is 0 Å². The fourth-order valence-corrected chi connectivity index (χ4v) is 2.60. The molecular formula is C17H21N3O. The first-order chi connectivity index (χ1) is 10.3. The number of hydrogen-bond acceptors (Lipinski definition) is 4. The number of para-hydroxylation sites is 2. The Labute approximate surface area is 125 Å². The monoisotopic (exact) mass is 283 g/mol. The van der Waals surface area contributed by atoms with Gasteiger partial charge in [-0.15, -0.1) is 0 Å². The third-order valence-electron chi connectivity index (χ3n) is 3.77. The zero-order chi connectivity index (χ0) is 14.5. The molecule has 1 N–H and O–H groups in total. The average Bonchev–Trinajstić information content (AvgIpc) is 2.55. The first-order valence-corrected chi connectivity index (χ1v) is 7.46. The average molecular weight is 283 g/mol. The number of pyridine rings is 1. The molecule has 1 aliphatic heterocycles. The van der Waals surface area contributed by atoms with Crippen LogP contribution in [0.3, 0.4) is 0 Å². The standard InChI is InChI=1S/C17H21N3O/c1-2-20(12-14-7-9-18-10-8-14)13-15-11-19-16-5-3-4-6-17(16)21-15/h3-10,15,19H,2,11-13H2,1H3. The van der Waals surface area contributed by atoms with Crippen LogP contribution in [0.25, 0.3) is 0 Å². The van der Waals surface area contributed by atoms with Crippen LogP contribution < -0.4 is 10.1 Å². The molecule has 1 atom stereocenters. The van der Waals surface area contributed by atoms with Crippen molar-refractivity contribution < 1.29 is 4.74 Å². The number of hydrogen-bond donors (Lipinski definition) is 1. The highest BCUT2D eigenvalue weighted by Gasteiger charge is 2.20. The highest BCUT2D eigenvalue weighted by Crippen LogP contribution is 2.28. The third-order valence-corrected chi connectivity index (χ3v) is 3.77. The Morgan fingerprint density at radius 3 is 2.86 bits per heavy atom. The fraction of sp³-hybridized carbons (Fsp3) is 0.353. The molecule has 0 fully saturated rings. The van der Waals surface area contributed by atoms with E-state index in [1.54, 1.807) is 0 Å². The summed E-state index contributed by atoms with van der Waals surface area (Å²) in [5, 5.41) is 3.44. The van der Waals surface area contributed by atoms with Gasteiger partial charge in [-0.25, -0.2) is 0 Å². The Morgan fingerprint density at radius 2 is 2.05 bits per heavy atom. The van der Waals surface area contributed by atoms with Gasteiger partial charge in [0, 0.05) is 25.5 Å². The Morgan fingerprint density at radius 1 is 1.24 bits per heavy atom. The zero-order valence-corrected chi connectivity index (χ0v) is 12.3. The molecule has 1 aliphatic rings. The summed E-state index contributed by atoms with van der Waals surface area (Å²) in [5.74, 6) is 0.953. The van der Waals surface area contributed by atoms with Gasteiger partial charge in [-0.2, -0.15) is 0 Å². The highest BCUT2D eigenvalue weighted by molar-refractivity contribution is 5.57. The van der Waals surface area contributed by atoms with Crippen LogP contribution in [0, 0.1) is 0 Å². The summed E-state index contributed by atoms with van der Waals surface area (Å²) in [4.78, 5) is 6.46. The molecule has 1 aromatic heterocycles. The molecule has 1 unspecified atom stereocenters. The van der Waals surface area contributed by atoms with E-state index in [9.17, 15) is 0 Å². The second-order valence-corrected chi connectivity index (χ2v) is 5.30. The lowest BCUT2D eigenvalue weighted by Gasteiger charge is -2.31. The molecule has 0 amide bonds. The summed E-state index contributed by atoms with van der Waals surface area (Å²) < 4.78 is 6.09. The van der Waals surface area contributed by atoms with E-state index in [4.69, 9.17) is 4.74 Å². The number of nitrogens with zero attached hydrogens (tertiary/aromatic N) is 2. The molecule has 0 aliphatic carbocycles. The molecule has 0 bridgehead atoms. The molecule has 3 rings (SSSR count). The predicted octanol–water partition coefficient (Wildman–Crippen LogP) is 2.78. The smallest absolute Gasteiger partial charge is 0.142 e. The lowest BCUT2D eigenvalue weighted by Crippen LogP contribution is -2.41. The third kappa shape index (κ3) is 3.52. The molecule has 0 radical (unpaired) electrons. The first kappa shape index (κ1) is 13.9. The van der Waals surface area contributed by atoms with Crippen molar-refractivity contribution in [3.63, 3.8) is 0 Å². The van der Waals surface area contributed by atoms with E-state index in [1.807, 2.05) is 30.6 Å². The van der Waals surface area contributed by atoms with Crippen LogP contribution in [0.5, 0.6) is 5.75 Å². The Kier molecular flexibility index (Phi) is 4.36. The summed E-state index contributed by atoms with van der Waals surface area (Å²) >= 11 is 0. The van der Waals surface area contributed by atoms with E-state index in [2.05, 4.69) is 40.3 Å². The van der Waals surface area contributed by atoms with E-state index in [-0.39, 0.29) is 6.10 Å². The highest BCUT2D eigenvalue weighted by atomic mass is 16.5. The van der Waals surface area contributed by atoms with Crippen molar-refractivity contribution in [2.24, 2.45) is 0 Å². The van der Waals surface area contributed by atoms with Gasteiger partial charge in [-0.05, 0) is 36.4 Å². The number of anilines is 1. The number of nitrogens with one attached hydrogen (secondary N) is 1. The van der Waals surface area contributed by atoms with Crippen molar-refractivity contribution in [1.29, 1.82) is 0 Å². The van der Waals surface area contributed by atoms with Gasteiger partial charge in [-0.3, -0.25) is 9.88 Å². The van der Waals surface area contributed by atoms with Gasteiger partial charge >= 0.3 is 0 Å². The Balaban J connectivity index is 1.60. The van der Waals surface area contributed by atoms with Crippen LogP contribution in [0.4, 0.5) is 5.69 Å². The second-order valence-electron chi connectivity index (χ2n) is 5.30. The van der Waals surface area contributed by atoms with Crippen LogP contribution >= 0.6 is 0 Å². The lowest BCUT2D eigenvalue weighted by atomic mass is 10.2. The van der Waals surface area contributed by atoms with E-state index in [1.165, 1.54) is 5.56 Å². The maximum absolute atomic E-state index is 6.09. The predicted molar refractivity (Wildman–Crippen MR) is 84.5 cm³/mol. The van der Waals surface area contributed by atoms with Gasteiger partial charge in [0.05, 0.1) is 12.2 Å². The van der Waals surface area contributed by atoms with E-state index in [0.717, 1.165) is 37.6 Å². The van der Waals surface area contributed by atoms with Crippen LogP contribution in [0.15, 0.2) is 48.8 Å². The van der Waals surface area contributed by atoms with Crippen LogP contribution in [0.1, 0.15) is 12.5 Å². The minimum Gasteiger partial charge on any atom is -0.485 e. The molecular weight excluding hydrogens is 262 g/mol. The van der Waals surface area contributed by atoms with Crippen molar-refractivity contribution in [1.82, 2.24) is 9.88 Å². The molecule has 110 valence electrons. The van der Waals surface area contributed by atoms with Crippen molar-refractivity contribution in [3.05, 3.63) is 54.4 Å². The van der Waals surface area contributed by atoms with E-state index >= 15 is 0 Å². The van der Waals surface area contributed by atoms with Gasteiger partial charge in [-0.1, -0.05) is 19.1 Å². The fourth-order valence-electron chi connectivity index (χ4n) is 2.60. The molecule has 21 heavy (non-hydrogen) atoms. The number of fused-ring (bicyclic) bond motifs is 1. The summed E-state index contributed by atoms with van der Waals surface area (Å²) in [7, 11) is 0. The van der Waals surface area contributed by atoms with Gasteiger partial charge < -0.3 is 10.1 Å². The summed E-state index contributed by atoms with van der Waals surface area (Å²) in [6, 6.07) is 12.2. The van der Waals surface area contributed by atoms with Gasteiger partial charge in [0.1, 0.15) is 11.9 Å². The van der Waals surface area contributed by atoms with Crippen molar-refractivity contribution in [2.75, 3.05) is 25.0 Å². The van der Waals surface area contributed by atoms with Crippen LogP contribution in [-0.4, -0.2) is 35.6 Å². The molecule has 4 nitrogen and oxygen atoms in total. The number of aromatic nitrogens is 1. The maximum Gasteiger partial charge on any atom is 0.142 e. The molecule has 0 saturated carbocycles. The maximum atomic E-state index is 6.09. The van der Waals surface area contributed by atoms with E-state index in [0.29, 0.717) is 0 Å². The minimum atomic E-state index is 0.182. The SMILES string of the molecule is CCN(Cc1ccncc1)CC1CNc2ccccc2O1. The topological polar surface area (TPSA) is 37.4 Å².